The number of para-hydroxylation sites is 1. The Labute approximate surface area is 220 Å². The number of benzene rings is 3. The number of hydrogen-bond donors (Lipinski definition) is 0. The van der Waals surface area contributed by atoms with Crippen LogP contribution in [-0.2, 0) is 11.3 Å². The monoisotopic (exact) mass is 512 g/mol. The van der Waals surface area contributed by atoms with Crippen LogP contribution in [0, 0.1) is 13.8 Å². The van der Waals surface area contributed by atoms with Gasteiger partial charge in [0.05, 0.1) is 18.0 Å². The van der Waals surface area contributed by atoms with Crippen LogP contribution in [0.1, 0.15) is 17.0 Å². The van der Waals surface area contributed by atoms with Gasteiger partial charge >= 0.3 is 0 Å². The molecule has 0 unspecified atom stereocenters. The van der Waals surface area contributed by atoms with Gasteiger partial charge in [0.2, 0.25) is 0 Å². The van der Waals surface area contributed by atoms with E-state index in [1.165, 1.54) is 4.90 Å². The number of fused-ring (bicyclic) bond motifs is 1. The maximum Gasteiger partial charge on any atom is 0.293 e. The molecule has 4 aromatic rings. The van der Waals surface area contributed by atoms with E-state index in [1.54, 1.807) is 0 Å². The maximum absolute atomic E-state index is 13.0. The normalized spacial score (nSPS) is 14.6. The van der Waals surface area contributed by atoms with E-state index in [2.05, 4.69) is 4.57 Å². The van der Waals surface area contributed by atoms with Crippen molar-refractivity contribution in [3.8, 4) is 11.5 Å². The highest BCUT2D eigenvalue weighted by Gasteiger charge is 2.35. The second-order valence-electron chi connectivity index (χ2n) is 8.80. The van der Waals surface area contributed by atoms with E-state index < -0.39 is 0 Å². The first-order chi connectivity index (χ1) is 18.0. The molecule has 0 saturated carbocycles. The van der Waals surface area contributed by atoms with Crippen LogP contribution in [0.15, 0.2) is 83.8 Å². The highest BCUT2D eigenvalue weighted by molar-refractivity contribution is 8.18. The van der Waals surface area contributed by atoms with Crippen LogP contribution in [-0.4, -0.2) is 40.4 Å². The number of carbonyl (C=O) groups is 2. The van der Waals surface area contributed by atoms with E-state index in [-0.39, 0.29) is 24.3 Å². The van der Waals surface area contributed by atoms with Gasteiger partial charge in [0.15, 0.2) is 0 Å². The lowest BCUT2D eigenvalue weighted by molar-refractivity contribution is -0.123. The van der Waals surface area contributed by atoms with E-state index in [9.17, 15) is 9.59 Å². The summed E-state index contributed by atoms with van der Waals surface area (Å²) in [6, 6.07) is 25.6. The highest BCUT2D eigenvalue weighted by atomic mass is 32.2. The van der Waals surface area contributed by atoms with Gasteiger partial charge in [-0.1, -0.05) is 54.6 Å². The molecule has 1 aromatic heterocycles. The first kappa shape index (κ1) is 24.7. The van der Waals surface area contributed by atoms with Crippen molar-refractivity contribution in [3.63, 3.8) is 0 Å². The summed E-state index contributed by atoms with van der Waals surface area (Å²) in [5.74, 6) is 1.29. The van der Waals surface area contributed by atoms with Crippen molar-refractivity contribution >= 4 is 39.8 Å². The Morgan fingerprint density at radius 3 is 2.41 bits per heavy atom. The summed E-state index contributed by atoms with van der Waals surface area (Å²) in [7, 11) is 0. The van der Waals surface area contributed by atoms with Gasteiger partial charge in [0.25, 0.3) is 11.1 Å². The Hall–Kier alpha value is -3.97. The van der Waals surface area contributed by atoms with Crippen LogP contribution >= 0.6 is 11.8 Å². The number of nitrogens with zero attached hydrogens (tertiary/aromatic N) is 2. The average Bonchev–Trinajstić information content (AvgIpc) is 3.33. The van der Waals surface area contributed by atoms with E-state index in [0.29, 0.717) is 18.1 Å². The van der Waals surface area contributed by atoms with Gasteiger partial charge in [0, 0.05) is 16.8 Å². The maximum atomic E-state index is 13.0. The zero-order valence-corrected chi connectivity index (χ0v) is 21.7. The van der Waals surface area contributed by atoms with Gasteiger partial charge in [-0.2, -0.15) is 0 Å². The fraction of sp³-hybridized carbons (Fsp3) is 0.200. The molecule has 1 fully saturated rings. The third-order valence-electron chi connectivity index (χ3n) is 6.42. The number of carbonyl (C=O) groups excluding carboxylic acids is 2. The molecule has 7 heteroatoms. The molecule has 0 atom stereocenters. The van der Waals surface area contributed by atoms with Crippen molar-refractivity contribution in [2.24, 2.45) is 0 Å². The molecular weight excluding hydrogens is 484 g/mol. The minimum Gasteiger partial charge on any atom is -0.492 e. The molecule has 6 nitrogen and oxygen atoms in total. The summed E-state index contributed by atoms with van der Waals surface area (Å²) < 4.78 is 14.0. The summed E-state index contributed by atoms with van der Waals surface area (Å²) in [6.45, 7) is 5.70. The number of ether oxygens (including phenoxy) is 2. The van der Waals surface area contributed by atoms with Crippen LogP contribution < -0.4 is 9.47 Å². The number of rotatable bonds is 9. The SMILES string of the molecule is Cc1cc(/C=C2\SC(=O)N(CCOc3cccc4ccccc34)C2=O)c(C)n1CCOc1ccccc1. The summed E-state index contributed by atoms with van der Waals surface area (Å²) in [4.78, 5) is 27.3. The number of amides is 2. The fourth-order valence-corrected chi connectivity index (χ4v) is 5.35. The molecule has 2 amide bonds. The van der Waals surface area contributed by atoms with Gasteiger partial charge in [-0.25, -0.2) is 0 Å². The van der Waals surface area contributed by atoms with Crippen molar-refractivity contribution < 1.29 is 19.1 Å². The van der Waals surface area contributed by atoms with Crippen molar-refractivity contribution in [3.05, 3.63) is 101 Å². The van der Waals surface area contributed by atoms with Crippen molar-refractivity contribution in [2.45, 2.75) is 20.4 Å². The molecule has 0 spiro atoms. The molecule has 0 radical (unpaired) electrons. The van der Waals surface area contributed by atoms with Crippen LogP contribution in [0.5, 0.6) is 11.5 Å². The fourth-order valence-electron chi connectivity index (χ4n) is 4.49. The van der Waals surface area contributed by atoms with Crippen LogP contribution in [0.25, 0.3) is 16.8 Å². The lowest BCUT2D eigenvalue weighted by Gasteiger charge is -2.14. The van der Waals surface area contributed by atoms with Gasteiger partial charge in [-0.05, 0) is 66.9 Å². The minimum atomic E-state index is -0.284. The third-order valence-corrected chi connectivity index (χ3v) is 7.33. The predicted octanol–water partition coefficient (Wildman–Crippen LogP) is 6.45. The number of imide groups is 1. The second kappa shape index (κ2) is 11.0. The molecule has 3 aromatic carbocycles. The van der Waals surface area contributed by atoms with Crippen LogP contribution in [0.3, 0.4) is 0 Å². The van der Waals surface area contributed by atoms with E-state index in [4.69, 9.17) is 9.47 Å². The molecule has 188 valence electrons. The molecule has 2 heterocycles. The molecule has 37 heavy (non-hydrogen) atoms. The average molecular weight is 513 g/mol. The lowest BCUT2D eigenvalue weighted by atomic mass is 10.1. The van der Waals surface area contributed by atoms with Gasteiger partial charge in [-0.3, -0.25) is 14.5 Å². The topological polar surface area (TPSA) is 60.8 Å². The molecule has 1 aliphatic rings. The highest BCUT2D eigenvalue weighted by Crippen LogP contribution is 2.33. The summed E-state index contributed by atoms with van der Waals surface area (Å²) >= 11 is 0.973. The smallest absolute Gasteiger partial charge is 0.293 e. The van der Waals surface area contributed by atoms with Gasteiger partial charge < -0.3 is 14.0 Å². The van der Waals surface area contributed by atoms with Gasteiger partial charge in [-0.15, -0.1) is 0 Å². The molecular formula is C30H28N2O4S. The van der Waals surface area contributed by atoms with E-state index in [1.807, 2.05) is 98.8 Å². The quantitative estimate of drug-likeness (QED) is 0.241. The summed E-state index contributed by atoms with van der Waals surface area (Å²) in [6.07, 6.45) is 1.81. The first-order valence-corrected chi connectivity index (χ1v) is 13.0. The zero-order chi connectivity index (χ0) is 25.8. The Morgan fingerprint density at radius 1 is 0.838 bits per heavy atom. The van der Waals surface area contributed by atoms with Crippen molar-refractivity contribution in [1.82, 2.24) is 9.47 Å². The van der Waals surface area contributed by atoms with Crippen molar-refractivity contribution in [2.75, 3.05) is 19.8 Å². The third kappa shape index (κ3) is 5.42. The summed E-state index contributed by atoms with van der Waals surface area (Å²) in [5.41, 5.74) is 3.03. The predicted molar refractivity (Wildman–Crippen MR) is 148 cm³/mol. The van der Waals surface area contributed by atoms with Crippen molar-refractivity contribution in [1.29, 1.82) is 0 Å². The standard InChI is InChI=1S/C30H28N2O4S/c1-21-19-24(22(2)31(21)15-17-35-25-11-4-3-5-12-25)20-28-29(33)32(30(34)37-28)16-18-36-27-14-8-10-23-9-6-7-13-26(23)27/h3-14,19-20H,15-18H2,1-2H3/b28-20-. The van der Waals surface area contributed by atoms with E-state index in [0.717, 1.165) is 51.0 Å². The largest absolute Gasteiger partial charge is 0.492 e. The Bertz CT molecular complexity index is 1470. The lowest BCUT2D eigenvalue weighted by Crippen LogP contribution is -2.32. The summed E-state index contributed by atoms with van der Waals surface area (Å²) in [5, 5.41) is 1.81. The molecule has 5 rings (SSSR count). The number of thioether (sulfide) groups is 1. The Balaban J connectivity index is 1.22. The Kier molecular flexibility index (Phi) is 7.32. The molecule has 0 aliphatic carbocycles. The molecule has 0 bridgehead atoms. The van der Waals surface area contributed by atoms with E-state index >= 15 is 0 Å². The molecule has 1 saturated heterocycles. The Morgan fingerprint density at radius 2 is 1.57 bits per heavy atom. The van der Waals surface area contributed by atoms with Gasteiger partial charge in [0.1, 0.15) is 24.7 Å². The van der Waals surface area contributed by atoms with Crippen LogP contribution in [0.2, 0.25) is 0 Å². The number of hydrogen-bond acceptors (Lipinski definition) is 5. The van der Waals surface area contributed by atoms with Crippen LogP contribution in [0.4, 0.5) is 4.79 Å². The number of aromatic nitrogens is 1. The molecule has 0 N–H and O–H groups in total. The first-order valence-electron chi connectivity index (χ1n) is 12.2. The number of aryl methyl sites for hydroxylation is 1. The molecule has 1 aliphatic heterocycles. The minimum absolute atomic E-state index is 0.196. The zero-order valence-electron chi connectivity index (χ0n) is 20.8. The second-order valence-corrected chi connectivity index (χ2v) is 9.79.